The highest BCUT2D eigenvalue weighted by Crippen LogP contribution is 2.28. The molecule has 6 heteroatoms. The van der Waals surface area contributed by atoms with Gasteiger partial charge in [0.2, 0.25) is 5.78 Å². The third kappa shape index (κ3) is 3.48. The van der Waals surface area contributed by atoms with Crippen molar-refractivity contribution in [3.05, 3.63) is 64.1 Å². The number of aromatic nitrogens is 2. The van der Waals surface area contributed by atoms with Gasteiger partial charge in [0, 0.05) is 27.7 Å². The Morgan fingerprint density at radius 1 is 1.19 bits per heavy atom. The molecule has 0 radical (unpaired) electrons. The minimum Gasteiger partial charge on any atom is -0.481 e. The summed E-state index contributed by atoms with van der Waals surface area (Å²) in [4.78, 5) is 31.6. The summed E-state index contributed by atoms with van der Waals surface area (Å²) in [5, 5.41) is 10.4. The summed E-state index contributed by atoms with van der Waals surface area (Å²) in [5.74, 6) is -1.35. The number of aliphatic carboxylic acids is 1. The summed E-state index contributed by atoms with van der Waals surface area (Å²) < 4.78 is 0. The fraction of sp³-hybridized carbons (Fsp3) is 0.250. The van der Waals surface area contributed by atoms with E-state index in [1.54, 1.807) is 30.5 Å². The van der Waals surface area contributed by atoms with Crippen molar-refractivity contribution in [3.63, 3.8) is 0 Å². The second-order valence-electron chi connectivity index (χ2n) is 7.25. The van der Waals surface area contributed by atoms with Crippen LogP contribution in [0.15, 0.2) is 36.5 Å². The molecule has 0 unspecified atom stereocenters. The van der Waals surface area contributed by atoms with Gasteiger partial charge in [0.25, 0.3) is 0 Å². The molecule has 134 valence electrons. The highest BCUT2D eigenvalue weighted by atomic mass is 35.5. The van der Waals surface area contributed by atoms with E-state index in [1.807, 2.05) is 6.07 Å². The summed E-state index contributed by atoms with van der Waals surface area (Å²) in [7, 11) is 0. The maximum atomic E-state index is 13.1. The molecule has 0 aliphatic heterocycles. The number of aromatic amines is 1. The van der Waals surface area contributed by atoms with E-state index < -0.39 is 5.97 Å². The molecule has 0 bridgehead atoms. The van der Waals surface area contributed by atoms with Crippen LogP contribution >= 0.6 is 11.6 Å². The molecule has 3 aromatic rings. The average molecular weight is 371 g/mol. The summed E-state index contributed by atoms with van der Waals surface area (Å²) in [6.45, 7) is 6.16. The van der Waals surface area contributed by atoms with Crippen LogP contribution in [0.5, 0.6) is 0 Å². The Balaban J connectivity index is 2.15. The molecule has 0 atom stereocenters. The topological polar surface area (TPSA) is 83.0 Å². The van der Waals surface area contributed by atoms with E-state index in [9.17, 15) is 14.7 Å². The number of benzene rings is 1. The number of halogens is 1. The lowest BCUT2D eigenvalue weighted by molar-refractivity contribution is -0.136. The summed E-state index contributed by atoms with van der Waals surface area (Å²) in [6, 6.07) is 8.73. The van der Waals surface area contributed by atoms with Crippen molar-refractivity contribution in [3.8, 4) is 0 Å². The van der Waals surface area contributed by atoms with E-state index in [-0.39, 0.29) is 29.0 Å². The first kappa shape index (κ1) is 18.1. The molecule has 2 aromatic heterocycles. The molecule has 2 N–H and O–H groups in total. The van der Waals surface area contributed by atoms with Crippen LogP contribution in [-0.2, 0) is 16.6 Å². The standard InChI is InChI=1S/C20H19ClN2O3/c1-20(2,3)11-6-7-22-16(8-11)19(26)18-14(10-17(24)25)13-9-12(21)4-5-15(13)23-18/h4-9,23H,10H2,1-3H3,(H,24,25). The molecule has 26 heavy (non-hydrogen) atoms. The van der Waals surface area contributed by atoms with Crippen molar-refractivity contribution in [1.29, 1.82) is 0 Å². The fourth-order valence-corrected chi connectivity index (χ4v) is 3.07. The lowest BCUT2D eigenvalue weighted by atomic mass is 9.87. The van der Waals surface area contributed by atoms with Crippen molar-refractivity contribution in [1.82, 2.24) is 9.97 Å². The Morgan fingerprint density at radius 3 is 2.58 bits per heavy atom. The fourth-order valence-electron chi connectivity index (χ4n) is 2.90. The Hall–Kier alpha value is -2.66. The number of nitrogens with one attached hydrogen (secondary N) is 1. The van der Waals surface area contributed by atoms with Crippen LogP contribution < -0.4 is 0 Å². The monoisotopic (exact) mass is 370 g/mol. The van der Waals surface area contributed by atoms with Crippen molar-refractivity contribution in [2.75, 3.05) is 0 Å². The number of carboxylic acid groups (broad SMARTS) is 1. The quantitative estimate of drug-likeness (QED) is 0.668. The van der Waals surface area contributed by atoms with E-state index in [0.717, 1.165) is 5.56 Å². The predicted molar refractivity (Wildman–Crippen MR) is 101 cm³/mol. The summed E-state index contributed by atoms with van der Waals surface area (Å²) >= 11 is 6.05. The van der Waals surface area contributed by atoms with E-state index in [2.05, 4.69) is 30.7 Å². The third-order valence-electron chi connectivity index (χ3n) is 4.28. The van der Waals surface area contributed by atoms with Gasteiger partial charge in [-0.25, -0.2) is 0 Å². The first-order valence-corrected chi connectivity index (χ1v) is 8.58. The lowest BCUT2D eigenvalue weighted by Gasteiger charge is -2.19. The number of hydrogen-bond donors (Lipinski definition) is 2. The van der Waals surface area contributed by atoms with Crippen LogP contribution in [0.4, 0.5) is 0 Å². The van der Waals surface area contributed by atoms with Gasteiger partial charge >= 0.3 is 5.97 Å². The molecule has 0 spiro atoms. The maximum Gasteiger partial charge on any atom is 0.307 e. The van der Waals surface area contributed by atoms with E-state index >= 15 is 0 Å². The number of fused-ring (bicyclic) bond motifs is 1. The number of carbonyl (C=O) groups is 2. The number of nitrogens with zero attached hydrogens (tertiary/aromatic N) is 1. The number of H-pyrrole nitrogens is 1. The number of rotatable bonds is 4. The number of carboxylic acids is 1. The second-order valence-corrected chi connectivity index (χ2v) is 7.68. The Bertz CT molecular complexity index is 1020. The van der Waals surface area contributed by atoms with Crippen LogP contribution in [0, 0.1) is 0 Å². The largest absolute Gasteiger partial charge is 0.481 e. The zero-order valence-corrected chi connectivity index (χ0v) is 15.5. The molecule has 0 amide bonds. The SMILES string of the molecule is CC(C)(C)c1ccnc(C(=O)c2[nH]c3ccc(Cl)cc3c2CC(=O)O)c1. The van der Waals surface area contributed by atoms with Gasteiger partial charge in [-0.15, -0.1) is 0 Å². The molecule has 0 saturated carbocycles. The molecule has 0 aliphatic carbocycles. The van der Waals surface area contributed by atoms with Crippen LogP contribution in [-0.4, -0.2) is 26.8 Å². The van der Waals surface area contributed by atoms with E-state index in [0.29, 0.717) is 21.5 Å². The van der Waals surface area contributed by atoms with Crippen LogP contribution in [0.25, 0.3) is 10.9 Å². The molecule has 2 heterocycles. The van der Waals surface area contributed by atoms with Gasteiger partial charge in [0.1, 0.15) is 5.69 Å². The highest BCUT2D eigenvalue weighted by molar-refractivity contribution is 6.31. The van der Waals surface area contributed by atoms with Gasteiger partial charge < -0.3 is 10.1 Å². The van der Waals surface area contributed by atoms with Crippen LogP contribution in [0.3, 0.4) is 0 Å². The molecule has 0 saturated heterocycles. The molecule has 0 aliphatic rings. The maximum absolute atomic E-state index is 13.1. The first-order chi connectivity index (χ1) is 12.2. The molecular formula is C20H19ClN2O3. The van der Waals surface area contributed by atoms with Gasteiger partial charge in [-0.05, 0) is 41.3 Å². The summed E-state index contributed by atoms with van der Waals surface area (Å²) in [6.07, 6.45) is 1.32. The van der Waals surface area contributed by atoms with E-state index in [4.69, 9.17) is 11.6 Å². The lowest BCUT2D eigenvalue weighted by Crippen LogP contribution is -2.15. The zero-order chi connectivity index (χ0) is 19.1. The Kier molecular flexibility index (Phi) is 4.59. The number of pyridine rings is 1. The van der Waals surface area contributed by atoms with Crippen molar-refractivity contribution in [2.45, 2.75) is 32.6 Å². The first-order valence-electron chi connectivity index (χ1n) is 8.20. The summed E-state index contributed by atoms with van der Waals surface area (Å²) in [5.41, 5.74) is 2.46. The van der Waals surface area contributed by atoms with E-state index in [1.165, 1.54) is 0 Å². The zero-order valence-electron chi connectivity index (χ0n) is 14.8. The average Bonchev–Trinajstić information content (AvgIpc) is 2.91. The van der Waals surface area contributed by atoms with Crippen LogP contribution in [0.1, 0.15) is 48.1 Å². The molecule has 5 nitrogen and oxygen atoms in total. The molecule has 1 aromatic carbocycles. The highest BCUT2D eigenvalue weighted by Gasteiger charge is 2.23. The van der Waals surface area contributed by atoms with Gasteiger partial charge in [-0.1, -0.05) is 32.4 Å². The molecule has 3 rings (SSSR count). The van der Waals surface area contributed by atoms with Crippen molar-refractivity contribution in [2.24, 2.45) is 0 Å². The third-order valence-corrected chi connectivity index (χ3v) is 4.52. The minimum absolute atomic E-state index is 0.129. The van der Waals surface area contributed by atoms with Gasteiger partial charge in [0.15, 0.2) is 0 Å². The Labute approximate surface area is 156 Å². The van der Waals surface area contributed by atoms with Gasteiger partial charge in [-0.2, -0.15) is 0 Å². The smallest absolute Gasteiger partial charge is 0.307 e. The number of hydrogen-bond acceptors (Lipinski definition) is 3. The number of ketones is 1. The van der Waals surface area contributed by atoms with Gasteiger partial charge in [0.05, 0.1) is 12.1 Å². The predicted octanol–water partition coefficient (Wildman–Crippen LogP) is 4.37. The number of carbonyl (C=O) groups excluding carboxylic acids is 1. The second kappa shape index (κ2) is 6.57. The van der Waals surface area contributed by atoms with Crippen LogP contribution in [0.2, 0.25) is 5.02 Å². The molecule has 0 fully saturated rings. The normalized spacial score (nSPS) is 11.7. The van der Waals surface area contributed by atoms with Crippen molar-refractivity contribution >= 4 is 34.3 Å². The molecular weight excluding hydrogens is 352 g/mol. The van der Waals surface area contributed by atoms with Crippen molar-refractivity contribution < 1.29 is 14.7 Å². The van der Waals surface area contributed by atoms with Gasteiger partial charge in [-0.3, -0.25) is 14.6 Å². The Morgan fingerprint density at radius 2 is 1.92 bits per heavy atom. The minimum atomic E-state index is -1.02.